The summed E-state index contributed by atoms with van der Waals surface area (Å²) in [5.41, 5.74) is -0.243. The van der Waals surface area contributed by atoms with Crippen LogP contribution < -0.4 is 10.9 Å². The van der Waals surface area contributed by atoms with Crippen LogP contribution in [0.2, 0.25) is 0 Å². The van der Waals surface area contributed by atoms with Crippen molar-refractivity contribution in [1.82, 2.24) is 9.55 Å². The third-order valence-electron chi connectivity index (χ3n) is 3.22. The van der Waals surface area contributed by atoms with Crippen molar-refractivity contribution >= 4 is 17.4 Å². The molecule has 0 aliphatic rings. The molecule has 0 radical (unpaired) electrons. The van der Waals surface area contributed by atoms with Crippen molar-refractivity contribution < 1.29 is 0 Å². The number of alkyl halides is 1. The third kappa shape index (κ3) is 3.73. The lowest BCUT2D eigenvalue weighted by Gasteiger charge is -2.29. The molecule has 1 heterocycles. The molecule has 0 aliphatic heterocycles. The average Bonchev–Trinajstić information content (AvgIpc) is 2.35. The molecule has 102 valence electrons. The van der Waals surface area contributed by atoms with Crippen LogP contribution in [0, 0.1) is 0 Å². The minimum atomic E-state index is -0.181. The Balaban J connectivity index is 2.96. The standard InChI is InChI=1S/C13H22ClN3O/c1-4-9-17-10-8-15-11(12(17)18)16-13(3,5-2)6-7-14/h8,10H,4-7,9H2,1-3H3,(H,15,16). The zero-order valence-corrected chi connectivity index (χ0v) is 12.1. The zero-order chi connectivity index (χ0) is 13.6. The Bertz CT molecular complexity index is 432. The maximum Gasteiger partial charge on any atom is 0.293 e. The Morgan fingerprint density at radius 3 is 2.78 bits per heavy atom. The van der Waals surface area contributed by atoms with Crippen LogP contribution in [-0.4, -0.2) is 21.0 Å². The number of nitrogens with zero attached hydrogens (tertiary/aromatic N) is 2. The van der Waals surface area contributed by atoms with Gasteiger partial charge in [0.1, 0.15) is 0 Å². The van der Waals surface area contributed by atoms with Crippen molar-refractivity contribution in [2.24, 2.45) is 0 Å². The van der Waals surface area contributed by atoms with Gasteiger partial charge in [-0.05, 0) is 26.2 Å². The number of hydrogen-bond donors (Lipinski definition) is 1. The van der Waals surface area contributed by atoms with Gasteiger partial charge in [-0.15, -0.1) is 11.6 Å². The summed E-state index contributed by atoms with van der Waals surface area (Å²) in [6.07, 6.45) is 6.01. The third-order valence-corrected chi connectivity index (χ3v) is 3.41. The minimum absolute atomic E-state index is 0.0615. The Labute approximate surface area is 113 Å². The molecule has 0 aromatic carbocycles. The first-order valence-corrected chi connectivity index (χ1v) is 6.99. The first-order chi connectivity index (χ1) is 8.56. The highest BCUT2D eigenvalue weighted by Crippen LogP contribution is 2.19. The van der Waals surface area contributed by atoms with E-state index in [2.05, 4.69) is 24.1 Å². The molecule has 5 heteroatoms. The summed E-state index contributed by atoms with van der Waals surface area (Å²) in [5, 5.41) is 3.24. The van der Waals surface area contributed by atoms with Crippen molar-refractivity contribution in [3.8, 4) is 0 Å². The lowest BCUT2D eigenvalue weighted by Crippen LogP contribution is -2.38. The van der Waals surface area contributed by atoms with Gasteiger partial charge in [-0.25, -0.2) is 4.98 Å². The normalized spacial score (nSPS) is 14.2. The first-order valence-electron chi connectivity index (χ1n) is 6.46. The number of nitrogens with one attached hydrogen (secondary N) is 1. The van der Waals surface area contributed by atoms with Crippen LogP contribution in [0.1, 0.15) is 40.0 Å². The molecule has 1 aromatic heterocycles. The van der Waals surface area contributed by atoms with Gasteiger partial charge in [-0.2, -0.15) is 0 Å². The van der Waals surface area contributed by atoms with Gasteiger partial charge < -0.3 is 9.88 Å². The molecule has 0 saturated carbocycles. The molecule has 1 unspecified atom stereocenters. The van der Waals surface area contributed by atoms with E-state index in [1.54, 1.807) is 17.0 Å². The monoisotopic (exact) mass is 271 g/mol. The Morgan fingerprint density at radius 2 is 2.22 bits per heavy atom. The highest BCUT2D eigenvalue weighted by molar-refractivity contribution is 6.17. The number of anilines is 1. The van der Waals surface area contributed by atoms with Gasteiger partial charge in [-0.3, -0.25) is 4.79 Å². The molecule has 1 N–H and O–H groups in total. The van der Waals surface area contributed by atoms with Crippen molar-refractivity contribution in [1.29, 1.82) is 0 Å². The van der Waals surface area contributed by atoms with E-state index in [1.807, 2.05) is 6.92 Å². The van der Waals surface area contributed by atoms with Crippen molar-refractivity contribution in [2.45, 2.75) is 52.1 Å². The predicted molar refractivity (Wildman–Crippen MR) is 76.4 cm³/mol. The summed E-state index contributed by atoms with van der Waals surface area (Å²) in [7, 11) is 0. The van der Waals surface area contributed by atoms with E-state index in [0.29, 0.717) is 18.2 Å². The average molecular weight is 272 g/mol. The summed E-state index contributed by atoms with van der Waals surface area (Å²) in [4.78, 5) is 16.3. The SMILES string of the molecule is CCCn1ccnc(NC(C)(CC)CCCl)c1=O. The molecule has 0 saturated heterocycles. The second-order valence-corrected chi connectivity index (χ2v) is 5.13. The summed E-state index contributed by atoms with van der Waals surface area (Å²) < 4.78 is 1.69. The number of aryl methyl sites for hydroxylation is 1. The Kier molecular flexibility index (Phi) is 5.66. The topological polar surface area (TPSA) is 46.9 Å². The van der Waals surface area contributed by atoms with E-state index < -0.39 is 0 Å². The summed E-state index contributed by atoms with van der Waals surface area (Å²) in [6.45, 7) is 6.90. The van der Waals surface area contributed by atoms with E-state index in [-0.39, 0.29) is 11.1 Å². The summed E-state index contributed by atoms with van der Waals surface area (Å²) in [5.74, 6) is 0.980. The number of halogens is 1. The maximum atomic E-state index is 12.2. The molecule has 1 atom stereocenters. The quantitative estimate of drug-likeness (QED) is 0.776. The van der Waals surface area contributed by atoms with Crippen molar-refractivity contribution in [2.75, 3.05) is 11.2 Å². The van der Waals surface area contributed by atoms with E-state index in [1.165, 1.54) is 0 Å². The lowest BCUT2D eigenvalue weighted by atomic mass is 9.95. The molecular weight excluding hydrogens is 250 g/mol. The van der Waals surface area contributed by atoms with Crippen LogP contribution in [-0.2, 0) is 6.54 Å². The molecule has 18 heavy (non-hydrogen) atoms. The van der Waals surface area contributed by atoms with Crippen LogP contribution in [0.4, 0.5) is 5.82 Å². The fraction of sp³-hybridized carbons (Fsp3) is 0.692. The van der Waals surface area contributed by atoms with Gasteiger partial charge in [0.2, 0.25) is 0 Å². The van der Waals surface area contributed by atoms with Crippen molar-refractivity contribution in [3.05, 3.63) is 22.7 Å². The number of aromatic nitrogens is 2. The highest BCUT2D eigenvalue weighted by atomic mass is 35.5. The first kappa shape index (κ1) is 15.0. The zero-order valence-electron chi connectivity index (χ0n) is 11.4. The second-order valence-electron chi connectivity index (χ2n) is 4.75. The number of rotatable bonds is 7. The molecule has 1 rings (SSSR count). The fourth-order valence-corrected chi connectivity index (χ4v) is 2.19. The van der Waals surface area contributed by atoms with Crippen LogP contribution in [0.25, 0.3) is 0 Å². The largest absolute Gasteiger partial charge is 0.360 e. The van der Waals surface area contributed by atoms with Crippen LogP contribution >= 0.6 is 11.6 Å². The minimum Gasteiger partial charge on any atom is -0.360 e. The molecule has 1 aromatic rings. The van der Waals surface area contributed by atoms with Gasteiger partial charge in [0, 0.05) is 30.4 Å². The molecule has 0 fully saturated rings. The predicted octanol–water partition coefficient (Wildman–Crippen LogP) is 2.86. The highest BCUT2D eigenvalue weighted by Gasteiger charge is 2.22. The molecular formula is C13H22ClN3O. The Hall–Kier alpha value is -1.03. The van der Waals surface area contributed by atoms with E-state index in [4.69, 9.17) is 11.6 Å². The molecule has 4 nitrogen and oxygen atoms in total. The van der Waals surface area contributed by atoms with Gasteiger partial charge in [-0.1, -0.05) is 13.8 Å². The summed E-state index contributed by atoms with van der Waals surface area (Å²) >= 11 is 5.81. The van der Waals surface area contributed by atoms with Crippen molar-refractivity contribution in [3.63, 3.8) is 0 Å². The molecule has 0 amide bonds. The fourth-order valence-electron chi connectivity index (χ4n) is 1.77. The van der Waals surface area contributed by atoms with Gasteiger partial charge in [0.05, 0.1) is 0 Å². The summed E-state index contributed by atoms with van der Waals surface area (Å²) in [6, 6.07) is 0. The molecule has 0 bridgehead atoms. The molecule has 0 spiro atoms. The maximum absolute atomic E-state index is 12.2. The van der Waals surface area contributed by atoms with Gasteiger partial charge in [0.25, 0.3) is 5.56 Å². The van der Waals surface area contributed by atoms with Crippen LogP contribution in [0.15, 0.2) is 17.2 Å². The lowest BCUT2D eigenvalue weighted by molar-refractivity contribution is 0.477. The van der Waals surface area contributed by atoms with E-state index in [0.717, 1.165) is 19.3 Å². The van der Waals surface area contributed by atoms with E-state index in [9.17, 15) is 4.79 Å². The Morgan fingerprint density at radius 1 is 1.50 bits per heavy atom. The van der Waals surface area contributed by atoms with Crippen LogP contribution in [0.5, 0.6) is 0 Å². The second kappa shape index (κ2) is 6.78. The molecule has 0 aliphatic carbocycles. The van der Waals surface area contributed by atoms with Gasteiger partial charge >= 0.3 is 0 Å². The van der Waals surface area contributed by atoms with Crippen LogP contribution in [0.3, 0.4) is 0 Å². The van der Waals surface area contributed by atoms with Gasteiger partial charge in [0.15, 0.2) is 5.82 Å². The van der Waals surface area contributed by atoms with E-state index >= 15 is 0 Å². The smallest absolute Gasteiger partial charge is 0.293 e. The number of hydrogen-bond acceptors (Lipinski definition) is 3.